The molecule has 1 aromatic carbocycles. The molecule has 12 heteroatoms. The van der Waals surface area contributed by atoms with Crippen LogP contribution in [0, 0.1) is 43.1 Å². The third-order valence-corrected chi connectivity index (χ3v) is 5.24. The van der Waals surface area contributed by atoms with Crippen molar-refractivity contribution in [3.63, 3.8) is 0 Å². The Morgan fingerprint density at radius 3 is 2.19 bits per heavy atom. The molecule has 0 spiro atoms. The maximum Gasteiger partial charge on any atom is 0.407 e. The van der Waals surface area contributed by atoms with Crippen LogP contribution in [-0.4, -0.2) is 35.8 Å². The monoisotopic (exact) mass is 499 g/mol. The van der Waals surface area contributed by atoms with Crippen LogP contribution in [0.5, 0.6) is 0 Å². The number of halogens is 4. The number of alkyl halides is 3. The molecular formula is C20H13ClF3N3O3S2. The minimum atomic E-state index is -4.81. The number of carbonyl (C=O) groups excluding carboxylic acids is 1. The molecule has 0 atom stereocenters. The van der Waals surface area contributed by atoms with E-state index in [1.54, 1.807) is 0 Å². The number of carbonyl (C=O) groups is 1. The minimum Gasteiger partial charge on any atom is -0.319 e. The third-order valence-electron chi connectivity index (χ3n) is 3.98. The SMILES string of the molecule is C#CC#CC#C.[C-]#[N+]c1ccc(N2C(=O)C(C)(C)N(CS(=O)(=O)Cl)C2=S)cc1C(F)(F)F. The lowest BCUT2D eigenvalue weighted by atomic mass is 10.0. The van der Waals surface area contributed by atoms with Crippen LogP contribution in [0.2, 0.25) is 0 Å². The van der Waals surface area contributed by atoms with Gasteiger partial charge in [-0.2, -0.15) is 13.2 Å². The normalized spacial score (nSPS) is 14.8. The number of terminal acetylenes is 2. The van der Waals surface area contributed by atoms with Crippen molar-refractivity contribution in [1.82, 2.24) is 4.90 Å². The lowest BCUT2D eigenvalue weighted by Gasteiger charge is -2.27. The Bertz CT molecular complexity index is 1220. The van der Waals surface area contributed by atoms with Crippen molar-refractivity contribution in [3.8, 4) is 36.5 Å². The Hall–Kier alpha value is -3.22. The molecule has 1 saturated heterocycles. The lowest BCUT2D eigenvalue weighted by molar-refractivity contribution is -0.136. The zero-order chi connectivity index (χ0) is 24.9. The lowest BCUT2D eigenvalue weighted by Crippen LogP contribution is -2.45. The fraction of sp³-hybridized carbons (Fsp3) is 0.250. The molecule has 0 unspecified atom stereocenters. The van der Waals surface area contributed by atoms with E-state index in [1.165, 1.54) is 13.8 Å². The average Bonchev–Trinajstić information content (AvgIpc) is 2.84. The molecule has 0 bridgehead atoms. The van der Waals surface area contributed by atoms with Gasteiger partial charge in [-0.15, -0.1) is 12.8 Å². The second-order valence-electron chi connectivity index (χ2n) is 6.43. The molecule has 0 aliphatic carbocycles. The molecule has 0 radical (unpaired) electrons. The Morgan fingerprint density at radius 1 is 1.25 bits per heavy atom. The highest BCUT2D eigenvalue weighted by atomic mass is 35.7. The zero-order valence-electron chi connectivity index (χ0n) is 16.5. The van der Waals surface area contributed by atoms with E-state index in [0.29, 0.717) is 6.07 Å². The van der Waals surface area contributed by atoms with Crippen LogP contribution in [0.4, 0.5) is 24.5 Å². The number of anilines is 1. The summed E-state index contributed by atoms with van der Waals surface area (Å²) in [4.78, 5) is 17.3. The maximum atomic E-state index is 13.2. The quantitative estimate of drug-likeness (QED) is 0.274. The first-order valence-electron chi connectivity index (χ1n) is 8.20. The number of amides is 1. The molecule has 1 amide bonds. The summed E-state index contributed by atoms with van der Waals surface area (Å²) in [5.41, 5.74) is -3.50. The van der Waals surface area contributed by atoms with Crippen LogP contribution in [0.25, 0.3) is 4.85 Å². The largest absolute Gasteiger partial charge is 0.407 e. The number of hydrogen-bond donors (Lipinski definition) is 0. The van der Waals surface area contributed by atoms with Crippen molar-refractivity contribution >= 4 is 54.3 Å². The van der Waals surface area contributed by atoms with Crippen molar-refractivity contribution in [2.75, 3.05) is 10.8 Å². The van der Waals surface area contributed by atoms with Crippen molar-refractivity contribution in [2.24, 2.45) is 0 Å². The van der Waals surface area contributed by atoms with Gasteiger partial charge in [0.25, 0.3) is 15.0 Å². The van der Waals surface area contributed by atoms with Gasteiger partial charge in [0.2, 0.25) is 0 Å². The second-order valence-corrected chi connectivity index (χ2v) is 9.54. The van der Waals surface area contributed by atoms with Gasteiger partial charge in [0.05, 0.1) is 12.1 Å². The van der Waals surface area contributed by atoms with E-state index < -0.39 is 43.8 Å². The van der Waals surface area contributed by atoms with Crippen molar-refractivity contribution in [3.05, 3.63) is 35.2 Å². The van der Waals surface area contributed by atoms with Crippen molar-refractivity contribution in [2.45, 2.75) is 25.6 Å². The predicted molar refractivity (Wildman–Crippen MR) is 119 cm³/mol. The summed E-state index contributed by atoms with van der Waals surface area (Å²) in [6.45, 7) is 9.60. The van der Waals surface area contributed by atoms with Gasteiger partial charge in [-0.3, -0.25) is 9.69 Å². The van der Waals surface area contributed by atoms with E-state index in [9.17, 15) is 26.4 Å². The molecule has 0 aromatic heterocycles. The van der Waals surface area contributed by atoms with Gasteiger partial charge >= 0.3 is 6.18 Å². The highest BCUT2D eigenvalue weighted by molar-refractivity contribution is 8.13. The number of nitrogens with zero attached hydrogens (tertiary/aromatic N) is 3. The first-order chi connectivity index (χ1) is 14.6. The Labute approximate surface area is 193 Å². The number of thiocarbonyl (C=S) groups is 1. The Kier molecular flexibility index (Phi) is 8.33. The first-order valence-corrected chi connectivity index (χ1v) is 11.1. The van der Waals surface area contributed by atoms with Crippen LogP contribution in [0.1, 0.15) is 19.4 Å². The molecule has 0 N–H and O–H groups in total. The molecule has 6 nitrogen and oxygen atoms in total. The van der Waals surface area contributed by atoms with E-state index in [4.69, 9.17) is 42.3 Å². The van der Waals surface area contributed by atoms with Crippen LogP contribution < -0.4 is 4.90 Å². The average molecular weight is 500 g/mol. The molecular weight excluding hydrogens is 487 g/mol. The predicted octanol–water partition coefficient (Wildman–Crippen LogP) is 3.75. The number of benzene rings is 1. The van der Waals surface area contributed by atoms with E-state index in [0.717, 1.165) is 21.9 Å². The molecule has 32 heavy (non-hydrogen) atoms. The topological polar surface area (TPSA) is 62.1 Å². The molecule has 1 heterocycles. The fourth-order valence-corrected chi connectivity index (χ4v) is 4.10. The standard InChI is InChI=1S/C14H11ClF3N3O3S2.C6H2/c1-13(2)11(22)21(12(25)20(13)7-26(15,23)24)8-4-5-10(19-3)9(6-8)14(16,17)18;1-3-5-6-4-2/h4-6H,7H2,1-2H3;1-2H. The van der Waals surface area contributed by atoms with Gasteiger partial charge in [0.15, 0.2) is 10.8 Å². The Morgan fingerprint density at radius 2 is 1.78 bits per heavy atom. The minimum absolute atomic E-state index is 0.220. The van der Waals surface area contributed by atoms with Gasteiger partial charge in [-0.25, -0.2) is 13.3 Å². The summed E-state index contributed by atoms with van der Waals surface area (Å²) in [7, 11) is 1.16. The molecule has 1 fully saturated rings. The molecule has 1 aromatic rings. The first kappa shape index (κ1) is 26.8. The second kappa shape index (κ2) is 9.94. The molecule has 2 rings (SSSR count). The van der Waals surface area contributed by atoms with Crippen molar-refractivity contribution < 1.29 is 26.4 Å². The molecule has 1 aliphatic rings. The maximum absolute atomic E-state index is 13.2. The van der Waals surface area contributed by atoms with Crippen LogP contribution in [-0.2, 0) is 20.0 Å². The molecule has 0 saturated carbocycles. The number of hydrogen-bond acceptors (Lipinski definition) is 4. The van der Waals surface area contributed by atoms with Crippen LogP contribution in [0.15, 0.2) is 18.2 Å². The number of rotatable bonds is 3. The zero-order valence-corrected chi connectivity index (χ0v) is 18.9. The van der Waals surface area contributed by atoms with E-state index in [2.05, 4.69) is 28.5 Å². The van der Waals surface area contributed by atoms with Gasteiger partial charge in [-0.1, -0.05) is 6.07 Å². The van der Waals surface area contributed by atoms with E-state index in [1.807, 2.05) is 0 Å². The van der Waals surface area contributed by atoms with Crippen LogP contribution in [0.3, 0.4) is 0 Å². The smallest absolute Gasteiger partial charge is 0.319 e. The summed E-state index contributed by atoms with van der Waals surface area (Å²) >= 11 is 5.10. The van der Waals surface area contributed by atoms with Gasteiger partial charge in [-0.05, 0) is 61.9 Å². The van der Waals surface area contributed by atoms with E-state index >= 15 is 0 Å². The van der Waals surface area contributed by atoms with Crippen LogP contribution >= 0.6 is 22.9 Å². The summed E-state index contributed by atoms with van der Waals surface area (Å²) < 4.78 is 62.3. The highest BCUT2D eigenvalue weighted by Crippen LogP contribution is 2.41. The third kappa shape index (κ3) is 6.15. The summed E-state index contributed by atoms with van der Waals surface area (Å²) in [5, 5.41) is -0.298. The molecule has 166 valence electrons. The van der Waals surface area contributed by atoms with Gasteiger partial charge in [0.1, 0.15) is 11.4 Å². The Balaban J connectivity index is 0.000000751. The summed E-state index contributed by atoms with van der Waals surface area (Å²) in [6.07, 6.45) is 4.58. The molecule has 1 aliphatic heterocycles. The van der Waals surface area contributed by atoms with Crippen molar-refractivity contribution in [1.29, 1.82) is 0 Å². The fourth-order valence-electron chi connectivity index (χ4n) is 2.49. The van der Waals surface area contributed by atoms with Gasteiger partial charge < -0.3 is 4.90 Å². The highest BCUT2D eigenvalue weighted by Gasteiger charge is 2.51. The van der Waals surface area contributed by atoms with E-state index in [-0.39, 0.29) is 10.8 Å². The summed E-state index contributed by atoms with van der Waals surface area (Å²) in [5.74, 6) is 7.11. The van der Waals surface area contributed by atoms with Gasteiger partial charge in [0, 0.05) is 16.4 Å². The summed E-state index contributed by atoms with van der Waals surface area (Å²) in [6, 6.07) is 2.70.